The van der Waals surface area contributed by atoms with E-state index in [0.29, 0.717) is 24.7 Å². The van der Waals surface area contributed by atoms with E-state index in [1.165, 1.54) is 0 Å². The second kappa shape index (κ2) is 8.02. The van der Waals surface area contributed by atoms with Gasteiger partial charge in [-0.3, -0.25) is 0 Å². The normalized spacial score (nSPS) is 23.0. The molecule has 1 rings (SSSR count). The van der Waals surface area contributed by atoms with Crippen LogP contribution in [0.2, 0.25) is 0 Å². The molecule has 5 nitrogen and oxygen atoms in total. The predicted molar refractivity (Wildman–Crippen MR) is 66.9 cm³/mol. The third kappa shape index (κ3) is 6.98. The van der Waals surface area contributed by atoms with Gasteiger partial charge in [0.25, 0.3) is 0 Å². The number of ether oxygens (including phenoxy) is 2. The maximum absolute atomic E-state index is 11.2. The molecule has 0 amide bonds. The van der Waals surface area contributed by atoms with Gasteiger partial charge < -0.3 is 14.8 Å². The zero-order valence-corrected chi connectivity index (χ0v) is 11.3. The summed E-state index contributed by atoms with van der Waals surface area (Å²) in [6.45, 7) is 3.67. The summed E-state index contributed by atoms with van der Waals surface area (Å²) in [6, 6.07) is 0. The Kier molecular flexibility index (Phi) is 7.03. The molecule has 0 saturated carbocycles. The molecule has 17 heavy (non-hydrogen) atoms. The second-order valence-corrected chi connectivity index (χ2v) is 6.66. The van der Waals surface area contributed by atoms with Crippen molar-refractivity contribution in [3.05, 3.63) is 0 Å². The van der Waals surface area contributed by atoms with Gasteiger partial charge in [-0.15, -0.1) is 0 Å². The topological polar surface area (TPSA) is 64.6 Å². The third-order valence-corrected chi connectivity index (χ3v) is 4.66. The summed E-state index contributed by atoms with van der Waals surface area (Å²) in [6.07, 6.45) is 1.71. The van der Waals surface area contributed by atoms with E-state index in [4.69, 9.17) is 9.47 Å². The van der Waals surface area contributed by atoms with Crippen molar-refractivity contribution in [1.82, 2.24) is 5.32 Å². The molecule has 0 aliphatic carbocycles. The van der Waals surface area contributed by atoms with Crippen LogP contribution in [0.5, 0.6) is 0 Å². The van der Waals surface area contributed by atoms with Crippen LogP contribution in [0.4, 0.5) is 0 Å². The molecule has 1 aliphatic rings. The van der Waals surface area contributed by atoms with Gasteiger partial charge in [0.05, 0.1) is 18.1 Å². The van der Waals surface area contributed by atoms with Crippen LogP contribution in [0, 0.1) is 5.92 Å². The molecule has 1 saturated heterocycles. The molecule has 1 aliphatic heterocycles. The molecule has 0 spiro atoms. The van der Waals surface area contributed by atoms with Crippen molar-refractivity contribution in [2.75, 3.05) is 51.5 Å². The van der Waals surface area contributed by atoms with Gasteiger partial charge in [0.2, 0.25) is 0 Å². The monoisotopic (exact) mass is 265 g/mol. The lowest BCUT2D eigenvalue weighted by molar-refractivity contribution is 0.104. The summed E-state index contributed by atoms with van der Waals surface area (Å²) in [5.74, 6) is 0.982. The van der Waals surface area contributed by atoms with Crippen LogP contribution in [0.3, 0.4) is 0 Å². The summed E-state index contributed by atoms with van der Waals surface area (Å²) in [7, 11) is -1.06. The van der Waals surface area contributed by atoms with Gasteiger partial charge in [-0.2, -0.15) is 0 Å². The minimum absolute atomic E-state index is 0.286. The van der Waals surface area contributed by atoms with Crippen molar-refractivity contribution in [2.45, 2.75) is 12.8 Å². The summed E-state index contributed by atoms with van der Waals surface area (Å²) in [5, 5.41) is 3.24. The minimum atomic E-state index is -2.74. The van der Waals surface area contributed by atoms with Crippen molar-refractivity contribution in [3.8, 4) is 0 Å². The summed E-state index contributed by atoms with van der Waals surface area (Å²) >= 11 is 0. The van der Waals surface area contributed by atoms with Gasteiger partial charge in [0.1, 0.15) is 0 Å². The molecule has 1 heterocycles. The Morgan fingerprint density at radius 1 is 1.29 bits per heavy atom. The van der Waals surface area contributed by atoms with E-state index < -0.39 is 9.84 Å². The number of hydrogen-bond donors (Lipinski definition) is 1. The van der Waals surface area contributed by atoms with Crippen molar-refractivity contribution in [1.29, 1.82) is 0 Å². The number of methoxy groups -OCH3 is 1. The smallest absolute Gasteiger partial charge is 0.150 e. The maximum atomic E-state index is 11.2. The zero-order chi connectivity index (χ0) is 12.6. The summed E-state index contributed by atoms with van der Waals surface area (Å²) < 4.78 is 32.7. The highest BCUT2D eigenvalue weighted by molar-refractivity contribution is 7.91. The van der Waals surface area contributed by atoms with Gasteiger partial charge in [0.15, 0.2) is 9.84 Å². The molecule has 0 bridgehead atoms. The zero-order valence-electron chi connectivity index (χ0n) is 10.5. The van der Waals surface area contributed by atoms with E-state index in [-0.39, 0.29) is 5.92 Å². The van der Waals surface area contributed by atoms with Crippen molar-refractivity contribution in [2.24, 2.45) is 5.92 Å². The van der Waals surface area contributed by atoms with Gasteiger partial charge in [-0.05, 0) is 25.3 Å². The van der Waals surface area contributed by atoms with Gasteiger partial charge in [0, 0.05) is 26.9 Å². The van der Waals surface area contributed by atoms with Gasteiger partial charge in [-0.25, -0.2) is 8.42 Å². The van der Waals surface area contributed by atoms with E-state index in [9.17, 15) is 8.42 Å². The molecule has 0 radical (unpaired) electrons. The van der Waals surface area contributed by atoms with E-state index in [1.54, 1.807) is 7.11 Å². The van der Waals surface area contributed by atoms with E-state index in [0.717, 1.165) is 32.5 Å². The van der Waals surface area contributed by atoms with E-state index >= 15 is 0 Å². The molecule has 0 aromatic heterocycles. The Morgan fingerprint density at radius 3 is 2.76 bits per heavy atom. The fourth-order valence-corrected chi connectivity index (χ4v) is 3.75. The van der Waals surface area contributed by atoms with Crippen LogP contribution in [0.15, 0.2) is 0 Å². The van der Waals surface area contributed by atoms with E-state index in [2.05, 4.69) is 5.32 Å². The highest BCUT2D eigenvalue weighted by atomic mass is 32.2. The van der Waals surface area contributed by atoms with Crippen LogP contribution < -0.4 is 5.32 Å². The number of rotatable bonds is 9. The molecule has 0 aromatic carbocycles. The van der Waals surface area contributed by atoms with Gasteiger partial charge in [-0.1, -0.05) is 0 Å². The van der Waals surface area contributed by atoms with Crippen molar-refractivity contribution >= 4 is 9.84 Å². The standard InChI is InChI=1S/C11H23NO4S/c1-15-5-2-6-16-7-4-12-9-11-3-8-17(13,14)10-11/h11-12H,2-10H2,1H3. The lowest BCUT2D eigenvalue weighted by Gasteiger charge is -2.09. The Morgan fingerprint density at radius 2 is 2.12 bits per heavy atom. The van der Waals surface area contributed by atoms with Crippen LogP contribution >= 0.6 is 0 Å². The SMILES string of the molecule is COCCCOCCNCC1CCS(=O)(=O)C1. The Balaban J connectivity index is 1.88. The fourth-order valence-electron chi connectivity index (χ4n) is 1.89. The Hall–Kier alpha value is -0.170. The van der Waals surface area contributed by atoms with Gasteiger partial charge >= 0.3 is 0 Å². The maximum Gasteiger partial charge on any atom is 0.150 e. The highest BCUT2D eigenvalue weighted by Crippen LogP contribution is 2.16. The molecular weight excluding hydrogens is 242 g/mol. The minimum Gasteiger partial charge on any atom is -0.385 e. The number of sulfone groups is 1. The number of hydrogen-bond acceptors (Lipinski definition) is 5. The molecule has 1 atom stereocenters. The molecule has 102 valence electrons. The number of nitrogens with one attached hydrogen (secondary N) is 1. The third-order valence-electron chi connectivity index (χ3n) is 2.82. The van der Waals surface area contributed by atoms with Crippen LogP contribution in [0.1, 0.15) is 12.8 Å². The molecule has 6 heteroatoms. The first-order valence-electron chi connectivity index (χ1n) is 6.12. The first kappa shape index (κ1) is 14.9. The molecule has 1 unspecified atom stereocenters. The molecular formula is C11H23NO4S. The highest BCUT2D eigenvalue weighted by Gasteiger charge is 2.27. The average Bonchev–Trinajstić information content (AvgIpc) is 2.62. The molecule has 1 N–H and O–H groups in total. The van der Waals surface area contributed by atoms with Crippen LogP contribution in [-0.4, -0.2) is 59.9 Å². The summed E-state index contributed by atoms with van der Waals surface area (Å²) in [5.41, 5.74) is 0. The van der Waals surface area contributed by atoms with Crippen LogP contribution in [-0.2, 0) is 19.3 Å². The summed E-state index contributed by atoms with van der Waals surface area (Å²) in [4.78, 5) is 0. The van der Waals surface area contributed by atoms with Crippen molar-refractivity contribution < 1.29 is 17.9 Å². The second-order valence-electron chi connectivity index (χ2n) is 4.43. The first-order chi connectivity index (χ1) is 8.14. The molecule has 1 fully saturated rings. The van der Waals surface area contributed by atoms with Crippen molar-refractivity contribution in [3.63, 3.8) is 0 Å². The lowest BCUT2D eigenvalue weighted by Crippen LogP contribution is -2.27. The Labute approximate surface area is 104 Å². The first-order valence-corrected chi connectivity index (χ1v) is 7.94. The molecule has 0 aromatic rings. The van der Waals surface area contributed by atoms with E-state index in [1.807, 2.05) is 0 Å². The fraction of sp³-hybridized carbons (Fsp3) is 1.00. The lowest BCUT2D eigenvalue weighted by atomic mass is 10.1. The quantitative estimate of drug-likeness (QED) is 0.597. The Bertz CT molecular complexity index is 292. The largest absolute Gasteiger partial charge is 0.385 e. The average molecular weight is 265 g/mol. The predicted octanol–water partition coefficient (Wildman–Crippen LogP) is 0.0638. The van der Waals surface area contributed by atoms with Crippen LogP contribution in [0.25, 0.3) is 0 Å².